The minimum atomic E-state index is -0.340. The van der Waals surface area contributed by atoms with Crippen LogP contribution in [0.5, 0.6) is 0 Å². The van der Waals surface area contributed by atoms with Gasteiger partial charge in [0, 0.05) is 5.56 Å². The summed E-state index contributed by atoms with van der Waals surface area (Å²) in [5.41, 5.74) is 6.55. The summed E-state index contributed by atoms with van der Waals surface area (Å²) in [6.45, 7) is 1.93. The zero-order valence-corrected chi connectivity index (χ0v) is 16.0. The number of amides is 1. The molecule has 3 aromatic carbocycles. The fourth-order valence-corrected chi connectivity index (χ4v) is 3.04. The summed E-state index contributed by atoms with van der Waals surface area (Å²) in [5, 5.41) is 13.4. The van der Waals surface area contributed by atoms with Gasteiger partial charge in [0.25, 0.3) is 5.91 Å². The molecule has 4 aromatic rings. The van der Waals surface area contributed by atoms with Crippen molar-refractivity contribution in [3.63, 3.8) is 0 Å². The Morgan fingerprint density at radius 1 is 0.966 bits per heavy atom. The van der Waals surface area contributed by atoms with Crippen molar-refractivity contribution in [3.8, 4) is 11.3 Å². The lowest BCUT2D eigenvalue weighted by molar-refractivity contribution is 0.0950. The zero-order chi connectivity index (χ0) is 20.1. The van der Waals surface area contributed by atoms with E-state index in [2.05, 4.69) is 38.9 Å². The summed E-state index contributed by atoms with van der Waals surface area (Å²) in [6.07, 6.45) is 3.61. The number of aromatic amines is 1. The number of benzene rings is 3. The maximum atomic E-state index is 12.3. The van der Waals surface area contributed by atoms with Crippen LogP contribution in [0.3, 0.4) is 0 Å². The van der Waals surface area contributed by atoms with Crippen LogP contribution < -0.4 is 5.43 Å². The lowest BCUT2D eigenvalue weighted by Gasteiger charge is -2.00. The van der Waals surface area contributed by atoms with Crippen molar-refractivity contribution < 1.29 is 4.79 Å². The van der Waals surface area contributed by atoms with Crippen molar-refractivity contribution in [1.29, 1.82) is 0 Å². The third-order valence-electron chi connectivity index (χ3n) is 4.50. The largest absolute Gasteiger partial charge is 0.289 e. The molecule has 0 spiro atoms. The number of carbonyl (C=O) groups is 1. The van der Waals surface area contributed by atoms with Crippen LogP contribution in [0.15, 0.2) is 89.5 Å². The normalized spacial score (nSPS) is 11.8. The minimum Gasteiger partial charge on any atom is -0.272 e. The Morgan fingerprint density at radius 3 is 2.55 bits per heavy atom. The van der Waals surface area contributed by atoms with Gasteiger partial charge < -0.3 is 0 Å². The molecule has 0 aliphatic carbocycles. The molecule has 1 amide bonds. The number of H-pyrrole nitrogens is 1. The van der Waals surface area contributed by atoms with Crippen LogP contribution in [-0.2, 0) is 0 Å². The van der Waals surface area contributed by atoms with Gasteiger partial charge in [-0.15, -0.1) is 0 Å². The maximum Gasteiger partial charge on any atom is 0.289 e. The molecule has 0 saturated heterocycles. The fourth-order valence-electron chi connectivity index (χ4n) is 3.04. The molecule has 29 heavy (non-hydrogen) atoms. The van der Waals surface area contributed by atoms with E-state index in [4.69, 9.17) is 0 Å². The van der Waals surface area contributed by atoms with Crippen molar-refractivity contribution in [2.45, 2.75) is 6.92 Å². The maximum absolute atomic E-state index is 12.3. The topological polar surface area (TPSA) is 70.1 Å². The van der Waals surface area contributed by atoms with E-state index in [1.807, 2.05) is 67.6 Å². The second-order valence-corrected chi connectivity index (χ2v) is 6.73. The average molecular weight is 380 g/mol. The van der Waals surface area contributed by atoms with Crippen LogP contribution >= 0.6 is 0 Å². The first kappa shape index (κ1) is 18.4. The Labute approximate surface area is 168 Å². The number of allylic oxidation sites excluding steroid dienone is 1. The zero-order valence-electron chi connectivity index (χ0n) is 16.0. The highest BCUT2D eigenvalue weighted by atomic mass is 16.2. The molecule has 0 fully saturated rings. The number of hydrazone groups is 1. The first-order valence-corrected chi connectivity index (χ1v) is 9.30. The first-order valence-electron chi connectivity index (χ1n) is 9.30. The van der Waals surface area contributed by atoms with E-state index in [0.29, 0.717) is 11.4 Å². The summed E-state index contributed by atoms with van der Waals surface area (Å²) < 4.78 is 0. The lowest BCUT2D eigenvalue weighted by Crippen LogP contribution is -2.17. The van der Waals surface area contributed by atoms with Crippen LogP contribution in [0.25, 0.3) is 28.1 Å². The fraction of sp³-hybridized carbons (Fsp3) is 0.0417. The van der Waals surface area contributed by atoms with Crippen molar-refractivity contribution in [2.75, 3.05) is 0 Å². The van der Waals surface area contributed by atoms with Crippen LogP contribution in [0.4, 0.5) is 0 Å². The second-order valence-electron chi connectivity index (χ2n) is 6.73. The van der Waals surface area contributed by atoms with Crippen molar-refractivity contribution in [2.24, 2.45) is 5.10 Å². The first-order chi connectivity index (χ1) is 14.2. The monoisotopic (exact) mass is 380 g/mol. The Morgan fingerprint density at radius 2 is 1.72 bits per heavy atom. The molecule has 5 nitrogen and oxygen atoms in total. The standard InChI is InChI=1S/C24H20N4O/c1-17(13-18-7-3-2-4-8-18)16-25-28-24(29)23-15-22(26-27-23)21-12-11-19-9-5-6-10-20(19)14-21/h2-16H,1H3,(H,26,27)(H,28,29)/b17-13+,25-16-. The van der Waals surface area contributed by atoms with Crippen molar-refractivity contribution >= 4 is 29.0 Å². The Hall–Kier alpha value is -3.99. The van der Waals surface area contributed by atoms with E-state index in [1.165, 1.54) is 0 Å². The molecule has 0 unspecified atom stereocenters. The van der Waals surface area contributed by atoms with Crippen LogP contribution in [0.1, 0.15) is 23.0 Å². The number of rotatable bonds is 5. The van der Waals surface area contributed by atoms with Gasteiger partial charge in [0.1, 0.15) is 5.69 Å². The number of hydrogen-bond acceptors (Lipinski definition) is 3. The summed E-state index contributed by atoms with van der Waals surface area (Å²) in [7, 11) is 0. The summed E-state index contributed by atoms with van der Waals surface area (Å²) >= 11 is 0. The highest BCUT2D eigenvalue weighted by molar-refractivity contribution is 5.95. The van der Waals surface area contributed by atoms with Gasteiger partial charge in [-0.25, -0.2) is 5.43 Å². The molecule has 2 N–H and O–H groups in total. The number of fused-ring (bicyclic) bond motifs is 1. The molecule has 142 valence electrons. The highest BCUT2D eigenvalue weighted by Gasteiger charge is 2.10. The van der Waals surface area contributed by atoms with Crippen molar-refractivity contribution in [1.82, 2.24) is 15.6 Å². The van der Waals surface area contributed by atoms with Crippen LogP contribution in [0.2, 0.25) is 0 Å². The molecule has 0 bridgehead atoms. The van der Waals surface area contributed by atoms with E-state index >= 15 is 0 Å². The number of aromatic nitrogens is 2. The van der Waals surface area contributed by atoms with Gasteiger partial charge in [-0.3, -0.25) is 9.89 Å². The van der Waals surface area contributed by atoms with E-state index in [0.717, 1.165) is 27.5 Å². The highest BCUT2D eigenvalue weighted by Crippen LogP contribution is 2.23. The Balaban J connectivity index is 1.43. The molecule has 1 heterocycles. The molecule has 0 aliphatic rings. The molecule has 0 radical (unpaired) electrons. The Kier molecular flexibility index (Phi) is 5.29. The predicted octanol–water partition coefficient (Wildman–Crippen LogP) is 5.05. The quantitative estimate of drug-likeness (QED) is 0.376. The lowest BCUT2D eigenvalue weighted by atomic mass is 10.1. The Bertz CT molecular complexity index is 1210. The number of hydrogen-bond donors (Lipinski definition) is 2. The molecular formula is C24H20N4O. The number of carbonyl (C=O) groups excluding carboxylic acids is 1. The van der Waals surface area contributed by atoms with Crippen molar-refractivity contribution in [3.05, 3.63) is 95.7 Å². The average Bonchev–Trinajstić information content (AvgIpc) is 3.24. The predicted molar refractivity (Wildman–Crippen MR) is 118 cm³/mol. The van der Waals surface area contributed by atoms with Gasteiger partial charge in [0.05, 0.1) is 11.9 Å². The number of nitrogens with one attached hydrogen (secondary N) is 2. The van der Waals surface area contributed by atoms with E-state index in [1.54, 1.807) is 12.3 Å². The molecular weight excluding hydrogens is 360 g/mol. The molecule has 0 atom stereocenters. The van der Waals surface area contributed by atoms with E-state index in [9.17, 15) is 4.79 Å². The summed E-state index contributed by atoms with van der Waals surface area (Å²) in [5.74, 6) is -0.340. The third kappa shape index (κ3) is 4.47. The smallest absolute Gasteiger partial charge is 0.272 e. The minimum absolute atomic E-state index is 0.340. The molecule has 0 saturated carbocycles. The van der Waals surface area contributed by atoms with Gasteiger partial charge in [-0.05, 0) is 41.0 Å². The summed E-state index contributed by atoms with van der Waals surface area (Å²) in [6, 6.07) is 25.9. The van der Waals surface area contributed by atoms with Gasteiger partial charge in [0.15, 0.2) is 0 Å². The van der Waals surface area contributed by atoms with Gasteiger partial charge in [-0.2, -0.15) is 10.2 Å². The molecule has 4 rings (SSSR count). The number of nitrogens with zero attached hydrogens (tertiary/aromatic N) is 2. The molecule has 1 aromatic heterocycles. The van der Waals surface area contributed by atoms with Crippen LogP contribution in [-0.4, -0.2) is 22.3 Å². The van der Waals surface area contributed by atoms with E-state index in [-0.39, 0.29) is 5.91 Å². The second kappa shape index (κ2) is 8.35. The summed E-state index contributed by atoms with van der Waals surface area (Å²) in [4.78, 5) is 12.3. The molecule has 5 heteroatoms. The van der Waals surface area contributed by atoms with Gasteiger partial charge in [-0.1, -0.05) is 72.8 Å². The molecule has 0 aliphatic heterocycles. The van der Waals surface area contributed by atoms with Crippen LogP contribution in [0, 0.1) is 0 Å². The van der Waals surface area contributed by atoms with Gasteiger partial charge >= 0.3 is 0 Å². The van der Waals surface area contributed by atoms with E-state index < -0.39 is 0 Å². The SMILES string of the molecule is CC(/C=N\NC(=O)c1cc(-c2ccc3ccccc3c2)n[nH]1)=C\c1ccccc1. The van der Waals surface area contributed by atoms with Gasteiger partial charge in [0.2, 0.25) is 0 Å². The third-order valence-corrected chi connectivity index (χ3v) is 4.50.